The van der Waals surface area contributed by atoms with E-state index >= 15 is 0 Å². The maximum atomic E-state index is 5.15. The van der Waals surface area contributed by atoms with Crippen LogP contribution in [-0.2, 0) is 0 Å². The Bertz CT molecular complexity index is 256. The molecule has 0 fully saturated rings. The quantitative estimate of drug-likeness (QED) is 0.708. The summed E-state index contributed by atoms with van der Waals surface area (Å²) in [5, 5.41) is 0. The number of methoxy groups -OCH3 is 1. The van der Waals surface area contributed by atoms with E-state index in [1.807, 2.05) is 18.3 Å². The Morgan fingerprint density at radius 3 is 2.62 bits per heavy atom. The number of rotatable bonds is 4. The highest BCUT2D eigenvalue weighted by Crippen LogP contribution is 2.23. The van der Waals surface area contributed by atoms with Gasteiger partial charge in [-0.3, -0.25) is 4.98 Å². The van der Waals surface area contributed by atoms with Crippen LogP contribution in [0.5, 0.6) is 5.75 Å². The van der Waals surface area contributed by atoms with Crippen molar-refractivity contribution < 1.29 is 4.74 Å². The van der Waals surface area contributed by atoms with Crippen LogP contribution in [0.3, 0.4) is 0 Å². The molecule has 0 N–H and O–H groups in total. The van der Waals surface area contributed by atoms with Crippen molar-refractivity contribution in [2.24, 2.45) is 0 Å². The van der Waals surface area contributed by atoms with Gasteiger partial charge in [0.1, 0.15) is 5.75 Å². The molecular formula is C11H17NO. The lowest BCUT2D eigenvalue weighted by Crippen LogP contribution is -1.98. The van der Waals surface area contributed by atoms with E-state index in [0.717, 1.165) is 24.3 Å². The average molecular weight is 179 g/mol. The Morgan fingerprint density at radius 1 is 1.38 bits per heavy atom. The molecule has 1 aromatic rings. The lowest BCUT2D eigenvalue weighted by atomic mass is 9.99. The van der Waals surface area contributed by atoms with Gasteiger partial charge in [0.15, 0.2) is 0 Å². The summed E-state index contributed by atoms with van der Waals surface area (Å²) in [5.74, 6) is 1.46. The van der Waals surface area contributed by atoms with Crippen LogP contribution in [0, 0.1) is 0 Å². The van der Waals surface area contributed by atoms with Crippen LogP contribution < -0.4 is 4.74 Å². The summed E-state index contributed by atoms with van der Waals surface area (Å²) in [6.45, 7) is 4.38. The standard InChI is InChI=1S/C11H17NO/c1-4-9(5-2)11-8-10(13-3)6-7-12-11/h6-9H,4-5H2,1-3H3. The Labute approximate surface area is 80.0 Å². The van der Waals surface area contributed by atoms with Crippen LogP contribution in [-0.4, -0.2) is 12.1 Å². The molecule has 0 bridgehead atoms. The molecule has 0 saturated carbocycles. The average Bonchev–Trinajstić information content (AvgIpc) is 2.20. The summed E-state index contributed by atoms with van der Waals surface area (Å²) in [5.41, 5.74) is 1.14. The lowest BCUT2D eigenvalue weighted by Gasteiger charge is -2.11. The molecule has 0 saturated heterocycles. The van der Waals surface area contributed by atoms with Crippen molar-refractivity contribution in [1.29, 1.82) is 0 Å². The summed E-state index contributed by atoms with van der Waals surface area (Å²) in [7, 11) is 1.69. The molecule has 0 aliphatic rings. The van der Waals surface area contributed by atoms with E-state index in [0.29, 0.717) is 5.92 Å². The van der Waals surface area contributed by atoms with E-state index in [-0.39, 0.29) is 0 Å². The minimum atomic E-state index is 0.565. The number of pyridine rings is 1. The first-order chi connectivity index (χ1) is 6.31. The summed E-state index contributed by atoms with van der Waals surface area (Å²) in [6.07, 6.45) is 4.08. The molecular weight excluding hydrogens is 162 g/mol. The molecule has 0 unspecified atom stereocenters. The molecule has 0 aliphatic heterocycles. The van der Waals surface area contributed by atoms with Crippen LogP contribution in [0.15, 0.2) is 18.3 Å². The van der Waals surface area contributed by atoms with Crippen molar-refractivity contribution in [3.8, 4) is 5.75 Å². The van der Waals surface area contributed by atoms with E-state index in [4.69, 9.17) is 4.74 Å². The summed E-state index contributed by atoms with van der Waals surface area (Å²) >= 11 is 0. The molecule has 2 heteroatoms. The summed E-state index contributed by atoms with van der Waals surface area (Å²) < 4.78 is 5.15. The summed E-state index contributed by atoms with van der Waals surface area (Å²) in [4.78, 5) is 4.35. The first kappa shape index (κ1) is 10.0. The topological polar surface area (TPSA) is 22.1 Å². The number of ether oxygens (including phenoxy) is 1. The fourth-order valence-corrected chi connectivity index (χ4v) is 1.49. The van der Waals surface area contributed by atoms with E-state index in [1.165, 1.54) is 0 Å². The lowest BCUT2D eigenvalue weighted by molar-refractivity contribution is 0.412. The van der Waals surface area contributed by atoms with Crippen molar-refractivity contribution in [1.82, 2.24) is 4.98 Å². The monoisotopic (exact) mass is 179 g/mol. The number of aromatic nitrogens is 1. The molecule has 0 aliphatic carbocycles. The predicted octanol–water partition coefficient (Wildman–Crippen LogP) is 2.99. The zero-order valence-corrected chi connectivity index (χ0v) is 8.58. The van der Waals surface area contributed by atoms with Crippen LogP contribution in [0.1, 0.15) is 38.3 Å². The highest BCUT2D eigenvalue weighted by Gasteiger charge is 2.08. The SMILES string of the molecule is CCC(CC)c1cc(OC)ccn1. The van der Waals surface area contributed by atoms with E-state index in [1.54, 1.807) is 7.11 Å². The largest absolute Gasteiger partial charge is 0.497 e. The molecule has 1 heterocycles. The Hall–Kier alpha value is -1.05. The van der Waals surface area contributed by atoms with Crippen molar-refractivity contribution in [2.45, 2.75) is 32.6 Å². The first-order valence-electron chi connectivity index (χ1n) is 4.81. The maximum Gasteiger partial charge on any atom is 0.122 e. The van der Waals surface area contributed by atoms with Gasteiger partial charge in [-0.1, -0.05) is 13.8 Å². The third kappa shape index (κ3) is 2.44. The van der Waals surface area contributed by atoms with Gasteiger partial charge in [0, 0.05) is 23.9 Å². The van der Waals surface area contributed by atoms with Crippen LogP contribution in [0.2, 0.25) is 0 Å². The molecule has 1 aromatic heterocycles. The second kappa shape index (κ2) is 4.85. The molecule has 0 radical (unpaired) electrons. The van der Waals surface area contributed by atoms with Gasteiger partial charge >= 0.3 is 0 Å². The van der Waals surface area contributed by atoms with E-state index in [2.05, 4.69) is 18.8 Å². The molecule has 0 spiro atoms. The Morgan fingerprint density at radius 2 is 2.08 bits per heavy atom. The van der Waals surface area contributed by atoms with E-state index < -0.39 is 0 Å². The van der Waals surface area contributed by atoms with Gasteiger partial charge < -0.3 is 4.74 Å². The van der Waals surface area contributed by atoms with Crippen LogP contribution in [0.4, 0.5) is 0 Å². The van der Waals surface area contributed by atoms with Gasteiger partial charge in [-0.15, -0.1) is 0 Å². The Kier molecular flexibility index (Phi) is 3.74. The molecule has 13 heavy (non-hydrogen) atoms. The van der Waals surface area contributed by atoms with Crippen molar-refractivity contribution in [3.63, 3.8) is 0 Å². The fourth-order valence-electron chi connectivity index (χ4n) is 1.49. The minimum absolute atomic E-state index is 0.565. The zero-order chi connectivity index (χ0) is 9.68. The van der Waals surface area contributed by atoms with Crippen molar-refractivity contribution >= 4 is 0 Å². The molecule has 0 aromatic carbocycles. The van der Waals surface area contributed by atoms with Gasteiger partial charge in [-0.05, 0) is 18.9 Å². The van der Waals surface area contributed by atoms with E-state index in [9.17, 15) is 0 Å². The van der Waals surface area contributed by atoms with Gasteiger partial charge in [0.05, 0.1) is 7.11 Å². The zero-order valence-electron chi connectivity index (χ0n) is 8.58. The van der Waals surface area contributed by atoms with Crippen LogP contribution in [0.25, 0.3) is 0 Å². The number of nitrogens with zero attached hydrogens (tertiary/aromatic N) is 1. The van der Waals surface area contributed by atoms with Crippen molar-refractivity contribution in [3.05, 3.63) is 24.0 Å². The van der Waals surface area contributed by atoms with Gasteiger partial charge in [-0.25, -0.2) is 0 Å². The molecule has 2 nitrogen and oxygen atoms in total. The molecule has 0 atom stereocenters. The fraction of sp³-hybridized carbons (Fsp3) is 0.545. The van der Waals surface area contributed by atoms with Gasteiger partial charge in [0.2, 0.25) is 0 Å². The molecule has 72 valence electrons. The number of hydrogen-bond acceptors (Lipinski definition) is 2. The second-order valence-corrected chi connectivity index (χ2v) is 3.13. The second-order valence-electron chi connectivity index (χ2n) is 3.13. The first-order valence-corrected chi connectivity index (χ1v) is 4.81. The minimum Gasteiger partial charge on any atom is -0.497 e. The van der Waals surface area contributed by atoms with Crippen LogP contribution >= 0.6 is 0 Å². The molecule has 0 amide bonds. The maximum absolute atomic E-state index is 5.15. The smallest absolute Gasteiger partial charge is 0.122 e. The third-order valence-corrected chi connectivity index (χ3v) is 2.39. The Balaban J connectivity index is 2.86. The summed E-state index contributed by atoms with van der Waals surface area (Å²) in [6, 6.07) is 3.91. The highest BCUT2D eigenvalue weighted by atomic mass is 16.5. The number of hydrogen-bond donors (Lipinski definition) is 0. The highest BCUT2D eigenvalue weighted by molar-refractivity contribution is 5.24. The normalized spacial score (nSPS) is 10.5. The predicted molar refractivity (Wildman–Crippen MR) is 54.1 cm³/mol. The van der Waals surface area contributed by atoms with Gasteiger partial charge in [-0.2, -0.15) is 0 Å². The molecule has 1 rings (SSSR count). The van der Waals surface area contributed by atoms with Crippen molar-refractivity contribution in [2.75, 3.05) is 7.11 Å². The third-order valence-electron chi connectivity index (χ3n) is 2.39. The van der Waals surface area contributed by atoms with Gasteiger partial charge in [0.25, 0.3) is 0 Å².